The molecule has 8 aliphatic rings. The minimum Gasteiger partial charge on any atom is -0.394 e. The summed E-state index contributed by atoms with van der Waals surface area (Å²) in [6.45, 7) is 11.5. The van der Waals surface area contributed by atoms with Gasteiger partial charge in [0.05, 0.1) is 31.5 Å². The summed E-state index contributed by atoms with van der Waals surface area (Å²) < 4.78 is 37.6. The van der Waals surface area contributed by atoms with Gasteiger partial charge in [-0.05, 0) is 98.7 Å². The molecular formula is C39H62O12. The molecule has 3 saturated carbocycles. The second-order valence-electron chi connectivity index (χ2n) is 18.3. The molecule has 12 heteroatoms. The van der Waals surface area contributed by atoms with Crippen LogP contribution in [-0.2, 0) is 28.4 Å². The highest BCUT2D eigenvalue weighted by atomic mass is 16.8. The first-order chi connectivity index (χ1) is 24.2. The van der Waals surface area contributed by atoms with Gasteiger partial charge >= 0.3 is 0 Å². The molecule has 3 unspecified atom stereocenters. The highest BCUT2D eigenvalue weighted by Crippen LogP contribution is 2.70. The Labute approximate surface area is 301 Å². The zero-order valence-corrected chi connectivity index (χ0v) is 30.9. The Morgan fingerprint density at radius 2 is 1.61 bits per heavy atom. The van der Waals surface area contributed by atoms with Crippen molar-refractivity contribution in [3.63, 3.8) is 0 Å². The Hall–Kier alpha value is -0.740. The van der Waals surface area contributed by atoms with Crippen molar-refractivity contribution in [3.8, 4) is 0 Å². The van der Waals surface area contributed by atoms with Crippen LogP contribution in [0.3, 0.4) is 0 Å². The SMILES string of the molecule is CC1CCC2(OC1)OC1C[C@H]3[C@@H]4CC=C5C[C@@H](O[C@@H]6O[C@H](CO)[C@@H](O)[C@H](O)[C@H]6O[C@@H]6O[C@@H](C)[C@H](O)[C@@H](O)[C@H]6O)CC[C@]5(C)[C@H]4CC[C@]3(C)[C@H]1[C@@H]2C. The fourth-order valence-electron chi connectivity index (χ4n) is 12.5. The monoisotopic (exact) mass is 722 g/mol. The molecule has 4 aliphatic heterocycles. The van der Waals surface area contributed by atoms with E-state index in [2.05, 4.69) is 33.8 Å². The number of aliphatic hydroxyl groups is 6. The minimum atomic E-state index is -1.61. The first kappa shape index (κ1) is 37.2. The summed E-state index contributed by atoms with van der Waals surface area (Å²) in [5, 5.41) is 62.9. The van der Waals surface area contributed by atoms with E-state index in [0.29, 0.717) is 41.9 Å². The molecule has 7 fully saturated rings. The van der Waals surface area contributed by atoms with E-state index in [1.165, 1.54) is 31.8 Å². The third-order valence-electron chi connectivity index (χ3n) is 15.6. The number of fused-ring (bicyclic) bond motifs is 7. The minimum absolute atomic E-state index is 0.0535. The Morgan fingerprint density at radius 3 is 2.33 bits per heavy atom. The Kier molecular flexibility index (Phi) is 9.83. The molecule has 290 valence electrons. The molecule has 12 nitrogen and oxygen atoms in total. The van der Waals surface area contributed by atoms with E-state index < -0.39 is 73.8 Å². The van der Waals surface area contributed by atoms with Crippen molar-refractivity contribution in [2.45, 2.75) is 172 Å². The zero-order chi connectivity index (χ0) is 36.2. The van der Waals surface area contributed by atoms with E-state index in [1.807, 2.05) is 0 Å². The second-order valence-corrected chi connectivity index (χ2v) is 18.3. The zero-order valence-electron chi connectivity index (χ0n) is 30.9. The van der Waals surface area contributed by atoms with Crippen LogP contribution in [0.15, 0.2) is 11.6 Å². The largest absolute Gasteiger partial charge is 0.394 e. The van der Waals surface area contributed by atoms with Crippen LogP contribution >= 0.6 is 0 Å². The van der Waals surface area contributed by atoms with Gasteiger partial charge in [-0.3, -0.25) is 0 Å². The van der Waals surface area contributed by atoms with Crippen molar-refractivity contribution in [1.29, 1.82) is 0 Å². The lowest BCUT2D eigenvalue weighted by molar-refractivity contribution is -0.369. The van der Waals surface area contributed by atoms with Crippen LogP contribution < -0.4 is 0 Å². The molecule has 0 aromatic heterocycles. The van der Waals surface area contributed by atoms with Crippen molar-refractivity contribution >= 4 is 0 Å². The van der Waals surface area contributed by atoms with Gasteiger partial charge in [0.15, 0.2) is 18.4 Å². The molecule has 0 aromatic carbocycles. The van der Waals surface area contributed by atoms with Crippen molar-refractivity contribution in [1.82, 2.24) is 0 Å². The van der Waals surface area contributed by atoms with Gasteiger partial charge in [0.1, 0.15) is 42.7 Å². The lowest BCUT2D eigenvalue weighted by Crippen LogP contribution is -2.64. The average Bonchev–Trinajstić information content (AvgIpc) is 3.56. The molecule has 0 radical (unpaired) electrons. The summed E-state index contributed by atoms with van der Waals surface area (Å²) in [7, 11) is 0. The van der Waals surface area contributed by atoms with E-state index in [-0.39, 0.29) is 23.0 Å². The van der Waals surface area contributed by atoms with Gasteiger partial charge in [0.2, 0.25) is 0 Å². The molecule has 21 atom stereocenters. The van der Waals surface area contributed by atoms with Gasteiger partial charge in [0.25, 0.3) is 0 Å². The molecule has 51 heavy (non-hydrogen) atoms. The Balaban J connectivity index is 0.964. The average molecular weight is 723 g/mol. The van der Waals surface area contributed by atoms with Crippen LogP contribution in [0.25, 0.3) is 0 Å². The van der Waals surface area contributed by atoms with Gasteiger partial charge in [-0.25, -0.2) is 0 Å². The maximum absolute atomic E-state index is 11.1. The number of hydrogen-bond donors (Lipinski definition) is 6. The fraction of sp³-hybridized carbons (Fsp3) is 0.949. The summed E-state index contributed by atoms with van der Waals surface area (Å²) in [6, 6.07) is 0. The third kappa shape index (κ3) is 5.84. The smallest absolute Gasteiger partial charge is 0.187 e. The normalized spacial score (nSPS) is 58.4. The summed E-state index contributed by atoms with van der Waals surface area (Å²) in [5.41, 5.74) is 1.70. The van der Waals surface area contributed by atoms with E-state index in [0.717, 1.165) is 38.7 Å². The molecule has 1 spiro atoms. The number of allylic oxidation sites excluding steroid dienone is 1. The molecule has 0 aromatic rings. The first-order valence-electron chi connectivity index (χ1n) is 19.8. The van der Waals surface area contributed by atoms with Crippen molar-refractivity contribution in [2.75, 3.05) is 13.2 Å². The first-order valence-corrected chi connectivity index (χ1v) is 19.8. The Morgan fingerprint density at radius 1 is 0.824 bits per heavy atom. The third-order valence-corrected chi connectivity index (χ3v) is 15.6. The number of rotatable bonds is 5. The van der Waals surface area contributed by atoms with E-state index >= 15 is 0 Å². The van der Waals surface area contributed by atoms with Crippen LogP contribution in [0.5, 0.6) is 0 Å². The molecule has 4 aliphatic carbocycles. The van der Waals surface area contributed by atoms with Gasteiger partial charge in [0, 0.05) is 12.3 Å². The number of ether oxygens (including phenoxy) is 6. The van der Waals surface area contributed by atoms with Gasteiger partial charge in [-0.15, -0.1) is 0 Å². The molecule has 4 heterocycles. The van der Waals surface area contributed by atoms with Crippen LogP contribution in [-0.4, -0.2) is 123 Å². The van der Waals surface area contributed by atoms with Crippen LogP contribution in [0, 0.1) is 46.3 Å². The van der Waals surface area contributed by atoms with E-state index in [9.17, 15) is 30.6 Å². The molecule has 8 rings (SSSR count). The maximum atomic E-state index is 11.1. The molecule has 6 N–H and O–H groups in total. The lowest BCUT2D eigenvalue weighted by atomic mass is 9.47. The Bertz CT molecular complexity index is 1300. The van der Waals surface area contributed by atoms with Gasteiger partial charge in [-0.1, -0.05) is 39.3 Å². The highest BCUT2D eigenvalue weighted by molar-refractivity contribution is 5.26. The standard InChI is InChI=1S/C39H62O12/c1-18-8-13-39(46-17-18)19(2)28-26(51-39)15-25-23-7-6-21-14-22(9-11-37(21,4)24(23)10-12-38(25,28)5)48-36-34(32(44)30(42)27(16-40)49-36)50-35-33(45)31(43)29(41)20(3)47-35/h6,18-20,22-36,40-45H,7-17H2,1-5H3/t18?,19-,20-,22-,23+,24-,25-,26?,27+,28-,29-,30+,31+,32-,33+,34+,35-,36+,37-,38-,39?/m0/s1. The predicted octanol–water partition coefficient (Wildman–Crippen LogP) is 2.39. The number of aliphatic hydroxyl groups excluding tert-OH is 6. The molecule has 4 saturated heterocycles. The number of hydrogen-bond acceptors (Lipinski definition) is 12. The summed E-state index contributed by atoms with van der Waals surface area (Å²) in [5.74, 6) is 2.92. The molecule has 0 bridgehead atoms. The predicted molar refractivity (Wildman–Crippen MR) is 182 cm³/mol. The van der Waals surface area contributed by atoms with Crippen molar-refractivity contribution in [3.05, 3.63) is 11.6 Å². The van der Waals surface area contributed by atoms with Crippen molar-refractivity contribution in [2.24, 2.45) is 46.3 Å². The topological polar surface area (TPSA) is 177 Å². The van der Waals surface area contributed by atoms with Crippen molar-refractivity contribution < 1.29 is 59.1 Å². The summed E-state index contributed by atoms with van der Waals surface area (Å²) >= 11 is 0. The summed E-state index contributed by atoms with van der Waals surface area (Å²) in [6.07, 6.45) is -1.68. The second kappa shape index (κ2) is 13.5. The molecular weight excluding hydrogens is 660 g/mol. The van der Waals surface area contributed by atoms with E-state index in [1.54, 1.807) is 0 Å². The van der Waals surface area contributed by atoms with Gasteiger partial charge < -0.3 is 59.1 Å². The van der Waals surface area contributed by atoms with E-state index in [4.69, 9.17) is 28.4 Å². The molecule has 0 amide bonds. The maximum Gasteiger partial charge on any atom is 0.187 e. The van der Waals surface area contributed by atoms with Gasteiger partial charge in [-0.2, -0.15) is 0 Å². The lowest BCUT2D eigenvalue weighted by Gasteiger charge is -2.58. The van der Waals surface area contributed by atoms with Crippen LogP contribution in [0.4, 0.5) is 0 Å². The fourth-order valence-corrected chi connectivity index (χ4v) is 12.5. The summed E-state index contributed by atoms with van der Waals surface area (Å²) in [4.78, 5) is 0. The quantitative estimate of drug-likeness (QED) is 0.229. The van der Waals surface area contributed by atoms with Crippen LogP contribution in [0.2, 0.25) is 0 Å². The van der Waals surface area contributed by atoms with Crippen LogP contribution in [0.1, 0.15) is 92.4 Å². The highest BCUT2D eigenvalue weighted by Gasteiger charge is 2.68.